The highest BCUT2D eigenvalue weighted by atomic mass is 14.8. The van der Waals surface area contributed by atoms with Crippen molar-refractivity contribution in [1.29, 1.82) is 0 Å². The topological polar surface area (TPSA) is 12.0 Å². The second kappa shape index (κ2) is 10.6. The normalized spacial score (nSPS) is 13.0. The Morgan fingerprint density at radius 3 is 2.23 bits per heavy atom. The van der Waals surface area contributed by atoms with E-state index < -0.39 is 0 Å². The Morgan fingerprint density at radius 2 is 1.55 bits per heavy atom. The summed E-state index contributed by atoms with van der Waals surface area (Å²) >= 11 is 0. The van der Waals surface area contributed by atoms with Crippen molar-refractivity contribution >= 4 is 11.3 Å². The minimum atomic E-state index is 0.435. The van der Waals surface area contributed by atoms with E-state index in [1.165, 1.54) is 33.4 Å². The van der Waals surface area contributed by atoms with Crippen molar-refractivity contribution < 1.29 is 0 Å². The lowest BCUT2D eigenvalue weighted by atomic mass is 9.90. The molecule has 1 atom stereocenters. The number of allylic oxidation sites excluding steroid dienone is 4. The second-order valence-corrected chi connectivity index (χ2v) is 8.37. The van der Waals surface area contributed by atoms with Crippen LogP contribution in [0.3, 0.4) is 0 Å². The zero-order valence-corrected chi connectivity index (χ0v) is 19.2. The molecule has 0 aliphatic carbocycles. The average molecular weight is 408 g/mol. The van der Waals surface area contributed by atoms with Gasteiger partial charge < -0.3 is 5.32 Å². The van der Waals surface area contributed by atoms with Gasteiger partial charge in [0.1, 0.15) is 0 Å². The molecule has 31 heavy (non-hydrogen) atoms. The summed E-state index contributed by atoms with van der Waals surface area (Å²) in [6.07, 6.45) is 5.29. The molecule has 1 heteroatoms. The molecule has 0 heterocycles. The first-order chi connectivity index (χ1) is 14.9. The van der Waals surface area contributed by atoms with Crippen molar-refractivity contribution in [3.63, 3.8) is 0 Å². The number of nitrogens with one attached hydrogen (secondary N) is 1. The molecular formula is C30H33N. The van der Waals surface area contributed by atoms with Crippen LogP contribution in [0.15, 0.2) is 109 Å². The largest absolute Gasteiger partial charge is 0.361 e. The van der Waals surface area contributed by atoms with E-state index in [1.807, 2.05) is 18.2 Å². The maximum Gasteiger partial charge on any atom is 0.0379 e. The lowest BCUT2D eigenvalue weighted by Gasteiger charge is -2.16. The summed E-state index contributed by atoms with van der Waals surface area (Å²) in [6.45, 7) is 13.1. The van der Waals surface area contributed by atoms with Crippen LogP contribution in [0.4, 0.5) is 5.69 Å². The van der Waals surface area contributed by atoms with Crippen LogP contribution in [-0.4, -0.2) is 0 Å². The highest BCUT2D eigenvalue weighted by Crippen LogP contribution is 2.29. The minimum Gasteiger partial charge on any atom is -0.361 e. The van der Waals surface area contributed by atoms with Gasteiger partial charge in [-0.25, -0.2) is 0 Å². The summed E-state index contributed by atoms with van der Waals surface area (Å²) in [5.41, 5.74) is 9.76. The van der Waals surface area contributed by atoms with E-state index in [9.17, 15) is 0 Å². The fraction of sp³-hybridized carbons (Fsp3) is 0.200. The summed E-state index contributed by atoms with van der Waals surface area (Å²) in [5, 5.41) is 3.45. The summed E-state index contributed by atoms with van der Waals surface area (Å²) in [7, 11) is 0. The van der Waals surface area contributed by atoms with Gasteiger partial charge in [0.2, 0.25) is 0 Å². The van der Waals surface area contributed by atoms with Gasteiger partial charge in [0.05, 0.1) is 0 Å². The molecule has 0 aliphatic heterocycles. The summed E-state index contributed by atoms with van der Waals surface area (Å²) in [5.74, 6) is 0.435. The predicted molar refractivity (Wildman–Crippen MR) is 136 cm³/mol. The molecule has 0 spiro atoms. The third kappa shape index (κ3) is 6.33. The molecule has 0 radical (unpaired) electrons. The van der Waals surface area contributed by atoms with Crippen molar-refractivity contribution in [3.05, 3.63) is 131 Å². The Hall–Kier alpha value is -3.32. The molecule has 0 aromatic heterocycles. The van der Waals surface area contributed by atoms with Gasteiger partial charge in [-0.2, -0.15) is 0 Å². The number of aryl methyl sites for hydroxylation is 2. The third-order valence-electron chi connectivity index (χ3n) is 5.75. The molecule has 3 aromatic rings. The SMILES string of the molecule is C=C(CC(C)c1ccc(C)cc1)/C(C)=C/C(=C/Nc1ccccc1)c1ccccc1C. The van der Waals surface area contributed by atoms with Gasteiger partial charge in [-0.15, -0.1) is 0 Å². The molecule has 1 unspecified atom stereocenters. The molecule has 1 N–H and O–H groups in total. The number of benzene rings is 3. The van der Waals surface area contributed by atoms with Crippen LogP contribution in [0.25, 0.3) is 5.57 Å². The highest BCUT2D eigenvalue weighted by Gasteiger charge is 2.10. The van der Waals surface area contributed by atoms with Crippen LogP contribution in [0.1, 0.15) is 48.4 Å². The van der Waals surface area contributed by atoms with Gasteiger partial charge >= 0.3 is 0 Å². The van der Waals surface area contributed by atoms with Crippen LogP contribution in [-0.2, 0) is 0 Å². The number of hydrogen-bond donors (Lipinski definition) is 1. The first kappa shape index (κ1) is 22.4. The molecule has 1 nitrogen and oxygen atoms in total. The van der Waals surface area contributed by atoms with E-state index in [0.29, 0.717) is 5.92 Å². The van der Waals surface area contributed by atoms with E-state index in [4.69, 9.17) is 0 Å². The predicted octanol–water partition coefficient (Wildman–Crippen LogP) is 8.45. The quantitative estimate of drug-likeness (QED) is 0.369. The number of para-hydroxylation sites is 1. The van der Waals surface area contributed by atoms with Crippen LogP contribution in [0.2, 0.25) is 0 Å². The number of rotatable bonds is 8. The lowest BCUT2D eigenvalue weighted by molar-refractivity contribution is 0.757. The zero-order chi connectivity index (χ0) is 22.2. The summed E-state index contributed by atoms with van der Waals surface area (Å²) in [4.78, 5) is 0. The molecular weight excluding hydrogens is 374 g/mol. The molecule has 0 saturated carbocycles. The van der Waals surface area contributed by atoms with Crippen LogP contribution < -0.4 is 5.32 Å². The van der Waals surface area contributed by atoms with Gasteiger partial charge in [-0.3, -0.25) is 0 Å². The summed E-state index contributed by atoms with van der Waals surface area (Å²) < 4.78 is 0. The second-order valence-electron chi connectivity index (χ2n) is 8.37. The maximum atomic E-state index is 4.41. The molecule has 0 aliphatic rings. The van der Waals surface area contributed by atoms with Crippen molar-refractivity contribution in [2.45, 2.75) is 40.0 Å². The Morgan fingerprint density at radius 1 is 0.903 bits per heavy atom. The molecule has 0 saturated heterocycles. The van der Waals surface area contributed by atoms with E-state index in [-0.39, 0.29) is 0 Å². The van der Waals surface area contributed by atoms with Crippen LogP contribution >= 0.6 is 0 Å². The summed E-state index contributed by atoms with van der Waals surface area (Å²) in [6, 6.07) is 27.6. The van der Waals surface area contributed by atoms with Gasteiger partial charge in [-0.05, 0) is 79.2 Å². The van der Waals surface area contributed by atoms with Gasteiger partial charge in [0, 0.05) is 11.9 Å². The first-order valence-electron chi connectivity index (χ1n) is 10.9. The molecule has 3 aromatic carbocycles. The van der Waals surface area contributed by atoms with Gasteiger partial charge in [0.25, 0.3) is 0 Å². The van der Waals surface area contributed by atoms with E-state index >= 15 is 0 Å². The first-order valence-corrected chi connectivity index (χ1v) is 10.9. The Balaban J connectivity index is 1.83. The van der Waals surface area contributed by atoms with Crippen LogP contribution in [0, 0.1) is 13.8 Å². The Kier molecular flexibility index (Phi) is 7.67. The average Bonchev–Trinajstić information content (AvgIpc) is 2.78. The lowest BCUT2D eigenvalue weighted by Crippen LogP contribution is -1.98. The fourth-order valence-electron chi connectivity index (χ4n) is 3.67. The third-order valence-corrected chi connectivity index (χ3v) is 5.75. The Labute approximate surface area is 187 Å². The standard InChI is InChI=1S/C30H33N/c1-22-15-17-27(18-16-22)26(5)19-24(3)25(4)20-28(30-14-10-9-11-23(30)2)21-31-29-12-7-6-8-13-29/h6-18,20-21,26,31H,3,19H2,1-2,4-5H3/b25-20+,28-21-. The maximum absolute atomic E-state index is 4.41. The van der Waals surface area contributed by atoms with E-state index in [0.717, 1.165) is 17.7 Å². The molecule has 3 rings (SSSR count). The zero-order valence-electron chi connectivity index (χ0n) is 19.2. The molecule has 0 amide bonds. The van der Waals surface area contributed by atoms with Gasteiger partial charge in [-0.1, -0.05) is 91.4 Å². The monoisotopic (exact) mass is 407 g/mol. The van der Waals surface area contributed by atoms with E-state index in [2.05, 4.69) is 113 Å². The molecule has 158 valence electrons. The number of hydrogen-bond acceptors (Lipinski definition) is 1. The molecule has 0 bridgehead atoms. The number of anilines is 1. The Bertz CT molecular complexity index is 1070. The molecule has 0 fully saturated rings. The van der Waals surface area contributed by atoms with Crippen molar-refractivity contribution in [2.24, 2.45) is 0 Å². The smallest absolute Gasteiger partial charge is 0.0379 e. The van der Waals surface area contributed by atoms with Crippen LogP contribution in [0.5, 0.6) is 0 Å². The fourth-order valence-corrected chi connectivity index (χ4v) is 3.67. The highest BCUT2D eigenvalue weighted by molar-refractivity contribution is 5.78. The van der Waals surface area contributed by atoms with Crippen molar-refractivity contribution in [3.8, 4) is 0 Å². The van der Waals surface area contributed by atoms with Gasteiger partial charge in [0.15, 0.2) is 0 Å². The minimum absolute atomic E-state index is 0.435. The van der Waals surface area contributed by atoms with E-state index in [1.54, 1.807) is 0 Å². The van der Waals surface area contributed by atoms with Crippen molar-refractivity contribution in [1.82, 2.24) is 0 Å². The van der Waals surface area contributed by atoms with Crippen molar-refractivity contribution in [2.75, 3.05) is 5.32 Å².